The quantitative estimate of drug-likeness (QED) is 0.553. The Bertz CT molecular complexity index is 1200. The molecular weight excluding hydrogens is 368 g/mol. The number of nitrogens with one attached hydrogen (secondary N) is 1. The fourth-order valence-corrected chi connectivity index (χ4v) is 4.53. The summed E-state index contributed by atoms with van der Waals surface area (Å²) in [5.74, 6) is 0.996. The first-order chi connectivity index (χ1) is 14.2. The number of nitrogen functional groups attached to an aromatic ring is 1. The van der Waals surface area contributed by atoms with Gasteiger partial charge in [0.05, 0.1) is 17.9 Å². The molecule has 0 aromatic carbocycles. The van der Waals surface area contributed by atoms with Crippen molar-refractivity contribution in [2.24, 2.45) is 0 Å². The van der Waals surface area contributed by atoms with E-state index in [1.54, 1.807) is 15.2 Å². The van der Waals surface area contributed by atoms with Gasteiger partial charge in [0.1, 0.15) is 5.52 Å². The minimum Gasteiger partial charge on any atom is -0.382 e. The number of nitrogens with zero attached hydrogens (tertiary/aromatic N) is 6. The lowest BCUT2D eigenvalue weighted by Gasteiger charge is -2.46. The summed E-state index contributed by atoms with van der Waals surface area (Å²) in [7, 11) is 0. The molecule has 0 amide bonds. The molecular formula is C20H22N8O. The molecule has 148 valence electrons. The Morgan fingerprint density at radius 1 is 1.07 bits per heavy atom. The van der Waals surface area contributed by atoms with Crippen molar-refractivity contribution in [2.75, 3.05) is 17.7 Å². The number of nitrogens with two attached hydrogens (primary N) is 1. The van der Waals surface area contributed by atoms with Crippen molar-refractivity contribution >= 4 is 22.9 Å². The van der Waals surface area contributed by atoms with Crippen molar-refractivity contribution in [2.45, 2.75) is 43.7 Å². The SMILES string of the molecule is Nc1nc(NC2CCC3(CCO3)CC2)nn2ccc(-c3ccc4nccn4n3)c12. The third-order valence-corrected chi connectivity index (χ3v) is 6.27. The normalized spacial score (nSPS) is 24.2. The molecule has 0 unspecified atom stereocenters. The van der Waals surface area contributed by atoms with Gasteiger partial charge in [0.25, 0.3) is 0 Å². The molecule has 5 heterocycles. The van der Waals surface area contributed by atoms with Crippen LogP contribution in [0.1, 0.15) is 32.1 Å². The van der Waals surface area contributed by atoms with E-state index >= 15 is 0 Å². The van der Waals surface area contributed by atoms with Gasteiger partial charge in [-0.3, -0.25) is 0 Å². The van der Waals surface area contributed by atoms with Crippen LogP contribution in [0.2, 0.25) is 0 Å². The molecule has 29 heavy (non-hydrogen) atoms. The summed E-state index contributed by atoms with van der Waals surface area (Å²) >= 11 is 0. The predicted molar refractivity (Wildman–Crippen MR) is 109 cm³/mol. The average molecular weight is 390 g/mol. The van der Waals surface area contributed by atoms with Crippen LogP contribution in [0.4, 0.5) is 11.8 Å². The van der Waals surface area contributed by atoms with E-state index in [4.69, 9.17) is 10.5 Å². The monoisotopic (exact) mass is 390 g/mol. The fraction of sp³-hybridized carbons (Fsp3) is 0.400. The van der Waals surface area contributed by atoms with Crippen molar-refractivity contribution in [1.29, 1.82) is 0 Å². The summed E-state index contributed by atoms with van der Waals surface area (Å²) in [6.45, 7) is 0.910. The fourth-order valence-electron chi connectivity index (χ4n) is 4.53. The highest BCUT2D eigenvalue weighted by atomic mass is 16.5. The number of fused-ring (bicyclic) bond motifs is 2. The van der Waals surface area contributed by atoms with Crippen LogP contribution in [0, 0.1) is 0 Å². The summed E-state index contributed by atoms with van der Waals surface area (Å²) in [4.78, 5) is 8.77. The zero-order valence-electron chi connectivity index (χ0n) is 16.0. The highest BCUT2D eigenvalue weighted by molar-refractivity contribution is 5.86. The highest BCUT2D eigenvalue weighted by Gasteiger charge is 2.41. The Kier molecular flexibility index (Phi) is 3.55. The lowest BCUT2D eigenvalue weighted by Crippen LogP contribution is -2.48. The van der Waals surface area contributed by atoms with Gasteiger partial charge in [-0.25, -0.2) is 14.0 Å². The molecule has 6 rings (SSSR count). The number of ether oxygens (including phenoxy) is 1. The molecule has 0 bridgehead atoms. The van der Waals surface area contributed by atoms with Crippen LogP contribution in [0.25, 0.3) is 22.4 Å². The summed E-state index contributed by atoms with van der Waals surface area (Å²) < 4.78 is 9.33. The lowest BCUT2D eigenvalue weighted by molar-refractivity contribution is -0.165. The van der Waals surface area contributed by atoms with Gasteiger partial charge in [0.2, 0.25) is 5.95 Å². The van der Waals surface area contributed by atoms with Crippen molar-refractivity contribution < 1.29 is 4.74 Å². The Morgan fingerprint density at radius 2 is 1.93 bits per heavy atom. The molecule has 3 N–H and O–H groups in total. The lowest BCUT2D eigenvalue weighted by atomic mass is 9.77. The first kappa shape index (κ1) is 16.7. The number of hydrogen-bond acceptors (Lipinski definition) is 7. The van der Waals surface area contributed by atoms with Gasteiger partial charge in [0, 0.05) is 30.2 Å². The smallest absolute Gasteiger partial charge is 0.243 e. The van der Waals surface area contributed by atoms with Crippen molar-refractivity contribution in [3.8, 4) is 11.3 Å². The van der Waals surface area contributed by atoms with Gasteiger partial charge in [0.15, 0.2) is 11.5 Å². The van der Waals surface area contributed by atoms with Crippen LogP contribution in [-0.2, 0) is 4.74 Å². The molecule has 4 aromatic rings. The molecule has 9 nitrogen and oxygen atoms in total. The summed E-state index contributed by atoms with van der Waals surface area (Å²) in [6, 6.07) is 6.18. The van der Waals surface area contributed by atoms with E-state index < -0.39 is 0 Å². The molecule has 0 atom stereocenters. The van der Waals surface area contributed by atoms with E-state index in [1.807, 2.05) is 30.6 Å². The number of imidazole rings is 1. The minimum absolute atomic E-state index is 0.153. The third-order valence-electron chi connectivity index (χ3n) is 6.27. The van der Waals surface area contributed by atoms with Gasteiger partial charge < -0.3 is 15.8 Å². The van der Waals surface area contributed by atoms with Crippen LogP contribution >= 0.6 is 0 Å². The topological polar surface area (TPSA) is 108 Å². The van der Waals surface area contributed by atoms with Crippen molar-refractivity contribution in [3.63, 3.8) is 0 Å². The zero-order chi connectivity index (χ0) is 19.4. The summed E-state index contributed by atoms with van der Waals surface area (Å²) in [6.07, 6.45) is 11.0. The average Bonchev–Trinajstić information content (AvgIpc) is 3.33. The van der Waals surface area contributed by atoms with E-state index in [1.165, 1.54) is 6.42 Å². The van der Waals surface area contributed by atoms with E-state index in [2.05, 4.69) is 25.5 Å². The predicted octanol–water partition coefficient (Wildman–Crippen LogP) is 2.53. The van der Waals surface area contributed by atoms with Crippen LogP contribution < -0.4 is 11.1 Å². The van der Waals surface area contributed by atoms with Crippen LogP contribution in [0.15, 0.2) is 36.8 Å². The van der Waals surface area contributed by atoms with E-state index in [9.17, 15) is 0 Å². The molecule has 2 fully saturated rings. The molecule has 4 aromatic heterocycles. The molecule has 1 aliphatic heterocycles. The Hall–Kier alpha value is -3.20. The number of hydrogen-bond donors (Lipinski definition) is 2. The molecule has 1 aliphatic carbocycles. The van der Waals surface area contributed by atoms with Gasteiger partial charge >= 0.3 is 0 Å². The van der Waals surface area contributed by atoms with Gasteiger partial charge in [-0.05, 0) is 50.3 Å². The standard InChI is InChI=1S/C20H22N8O/c21-18-17-14(15-1-2-16-22-9-11-27(16)25-15)5-10-28(17)26-19(24-18)23-13-3-6-20(7-4-13)8-12-29-20/h1-2,5,9-11,13H,3-4,6-8,12H2,(H3,21,23,24,26). The molecule has 2 aliphatic rings. The Morgan fingerprint density at radius 3 is 2.72 bits per heavy atom. The van der Waals surface area contributed by atoms with E-state index in [0.717, 1.165) is 54.7 Å². The Balaban J connectivity index is 1.28. The molecule has 1 spiro atoms. The molecule has 1 saturated carbocycles. The number of anilines is 2. The van der Waals surface area contributed by atoms with E-state index in [0.29, 0.717) is 17.8 Å². The molecule has 1 saturated heterocycles. The number of rotatable bonds is 3. The van der Waals surface area contributed by atoms with Gasteiger partial charge in [-0.2, -0.15) is 10.1 Å². The minimum atomic E-state index is 0.153. The highest BCUT2D eigenvalue weighted by Crippen LogP contribution is 2.41. The Labute approximate surface area is 166 Å². The van der Waals surface area contributed by atoms with Crippen molar-refractivity contribution in [3.05, 3.63) is 36.8 Å². The molecule has 9 heteroatoms. The van der Waals surface area contributed by atoms with Gasteiger partial charge in [-0.15, -0.1) is 5.10 Å². The van der Waals surface area contributed by atoms with Gasteiger partial charge in [-0.1, -0.05) is 0 Å². The van der Waals surface area contributed by atoms with Crippen molar-refractivity contribution in [1.82, 2.24) is 29.2 Å². The van der Waals surface area contributed by atoms with Crippen LogP contribution in [-0.4, -0.2) is 47.4 Å². The maximum Gasteiger partial charge on any atom is 0.243 e. The maximum atomic E-state index is 6.33. The second-order valence-corrected chi connectivity index (χ2v) is 7.99. The summed E-state index contributed by atoms with van der Waals surface area (Å²) in [5, 5.41) is 12.7. The van der Waals surface area contributed by atoms with Crippen LogP contribution in [0.5, 0.6) is 0 Å². The summed E-state index contributed by atoms with van der Waals surface area (Å²) in [5.41, 5.74) is 9.74. The largest absolute Gasteiger partial charge is 0.382 e. The second kappa shape index (κ2) is 6.15. The zero-order valence-corrected chi connectivity index (χ0v) is 16.0. The maximum absolute atomic E-state index is 6.33. The second-order valence-electron chi connectivity index (χ2n) is 7.99. The van der Waals surface area contributed by atoms with E-state index in [-0.39, 0.29) is 5.60 Å². The van der Waals surface area contributed by atoms with Crippen LogP contribution in [0.3, 0.4) is 0 Å². The third kappa shape index (κ3) is 2.72. The first-order valence-electron chi connectivity index (χ1n) is 10.1. The number of aromatic nitrogens is 6. The first-order valence-corrected chi connectivity index (χ1v) is 10.1. The molecule has 0 radical (unpaired) electrons.